The Bertz CT molecular complexity index is 255. The highest BCUT2D eigenvalue weighted by atomic mass is 19.4. The first-order valence-corrected chi connectivity index (χ1v) is 6.56. The van der Waals surface area contributed by atoms with Crippen LogP contribution in [0.25, 0.3) is 0 Å². The SMILES string of the molecule is CC1CCCN(N2CCCCC2C(F)(F)F)C1. The lowest BCUT2D eigenvalue weighted by Crippen LogP contribution is -2.58. The Morgan fingerprint density at radius 2 is 1.76 bits per heavy atom. The Labute approximate surface area is 101 Å². The van der Waals surface area contributed by atoms with E-state index in [0.717, 1.165) is 32.4 Å². The molecule has 0 aliphatic carbocycles. The summed E-state index contributed by atoms with van der Waals surface area (Å²) >= 11 is 0. The summed E-state index contributed by atoms with van der Waals surface area (Å²) in [5.74, 6) is 0.513. The summed E-state index contributed by atoms with van der Waals surface area (Å²) in [6, 6.07) is -1.25. The third kappa shape index (κ3) is 3.13. The van der Waals surface area contributed by atoms with Gasteiger partial charge in [-0.2, -0.15) is 13.2 Å². The standard InChI is InChI=1S/C12H21F3N2/c1-10-5-4-7-16(9-10)17-8-3-2-6-11(17)12(13,14)15/h10-11H,2-9H2,1H3. The molecule has 17 heavy (non-hydrogen) atoms. The largest absolute Gasteiger partial charge is 0.405 e. The van der Waals surface area contributed by atoms with Crippen molar-refractivity contribution in [2.24, 2.45) is 5.92 Å². The highest BCUT2D eigenvalue weighted by Gasteiger charge is 2.46. The van der Waals surface area contributed by atoms with Gasteiger partial charge in [0, 0.05) is 19.6 Å². The van der Waals surface area contributed by atoms with Crippen LogP contribution in [0.1, 0.15) is 39.0 Å². The molecule has 0 radical (unpaired) electrons. The Morgan fingerprint density at radius 1 is 1.00 bits per heavy atom. The average Bonchev–Trinajstić information content (AvgIpc) is 2.28. The minimum Gasteiger partial charge on any atom is -0.241 e. The number of halogens is 3. The number of rotatable bonds is 1. The Balaban J connectivity index is 2.05. The lowest BCUT2D eigenvalue weighted by Gasteiger charge is -2.46. The zero-order valence-electron chi connectivity index (χ0n) is 10.3. The smallest absolute Gasteiger partial charge is 0.241 e. The van der Waals surface area contributed by atoms with Crippen LogP contribution in [0.2, 0.25) is 0 Å². The van der Waals surface area contributed by atoms with Crippen molar-refractivity contribution in [2.75, 3.05) is 19.6 Å². The predicted octanol–water partition coefficient (Wildman–Crippen LogP) is 3.05. The van der Waals surface area contributed by atoms with Crippen molar-refractivity contribution in [3.63, 3.8) is 0 Å². The van der Waals surface area contributed by atoms with E-state index in [4.69, 9.17) is 0 Å². The van der Waals surface area contributed by atoms with Crippen molar-refractivity contribution < 1.29 is 13.2 Å². The van der Waals surface area contributed by atoms with Crippen LogP contribution in [0.5, 0.6) is 0 Å². The fourth-order valence-electron chi connectivity index (χ4n) is 2.99. The van der Waals surface area contributed by atoms with E-state index in [9.17, 15) is 13.2 Å². The molecule has 0 spiro atoms. The maximum absolute atomic E-state index is 13.0. The van der Waals surface area contributed by atoms with Gasteiger partial charge in [-0.1, -0.05) is 13.3 Å². The third-order valence-corrected chi connectivity index (χ3v) is 3.85. The first-order chi connectivity index (χ1) is 7.98. The predicted molar refractivity (Wildman–Crippen MR) is 60.4 cm³/mol. The molecule has 2 unspecified atom stereocenters. The van der Waals surface area contributed by atoms with Crippen molar-refractivity contribution in [3.8, 4) is 0 Å². The van der Waals surface area contributed by atoms with Crippen LogP contribution >= 0.6 is 0 Å². The topological polar surface area (TPSA) is 6.48 Å². The minimum atomic E-state index is -4.08. The van der Waals surface area contributed by atoms with Crippen LogP contribution in [0.3, 0.4) is 0 Å². The number of nitrogens with zero attached hydrogens (tertiary/aromatic N) is 2. The van der Waals surface area contributed by atoms with Gasteiger partial charge >= 0.3 is 6.18 Å². The Morgan fingerprint density at radius 3 is 2.41 bits per heavy atom. The van der Waals surface area contributed by atoms with Gasteiger partial charge in [-0.05, 0) is 31.6 Å². The normalized spacial score (nSPS) is 33.9. The molecule has 2 saturated heterocycles. The van der Waals surface area contributed by atoms with E-state index in [-0.39, 0.29) is 6.42 Å². The zero-order chi connectivity index (χ0) is 12.5. The fraction of sp³-hybridized carbons (Fsp3) is 1.00. The average molecular weight is 250 g/mol. The van der Waals surface area contributed by atoms with Crippen LogP contribution < -0.4 is 0 Å². The van der Waals surface area contributed by atoms with E-state index >= 15 is 0 Å². The molecular formula is C12H21F3N2. The monoisotopic (exact) mass is 250 g/mol. The molecule has 0 amide bonds. The van der Waals surface area contributed by atoms with E-state index in [1.165, 1.54) is 0 Å². The molecule has 0 bridgehead atoms. The summed E-state index contributed by atoms with van der Waals surface area (Å²) < 4.78 is 38.9. The minimum absolute atomic E-state index is 0.258. The molecule has 2 atom stereocenters. The van der Waals surface area contributed by atoms with Gasteiger partial charge in [0.05, 0.1) is 0 Å². The molecule has 5 heteroatoms. The molecule has 2 aliphatic heterocycles. The van der Waals surface area contributed by atoms with E-state index in [2.05, 4.69) is 6.92 Å². The maximum Gasteiger partial charge on any atom is 0.405 e. The summed E-state index contributed by atoms with van der Waals surface area (Å²) in [4.78, 5) is 0. The van der Waals surface area contributed by atoms with Crippen molar-refractivity contribution in [3.05, 3.63) is 0 Å². The second kappa shape index (κ2) is 5.14. The van der Waals surface area contributed by atoms with E-state index in [1.807, 2.05) is 5.01 Å². The summed E-state index contributed by atoms with van der Waals surface area (Å²) in [7, 11) is 0. The third-order valence-electron chi connectivity index (χ3n) is 3.85. The van der Waals surface area contributed by atoms with Gasteiger partial charge in [-0.25, -0.2) is 10.0 Å². The van der Waals surface area contributed by atoms with Crippen LogP contribution in [-0.4, -0.2) is 41.9 Å². The molecule has 0 aromatic heterocycles. The number of hydrogen-bond donors (Lipinski definition) is 0. The summed E-state index contributed by atoms with van der Waals surface area (Å²) in [6.45, 7) is 4.26. The van der Waals surface area contributed by atoms with Gasteiger partial charge in [0.1, 0.15) is 6.04 Å². The molecular weight excluding hydrogens is 229 g/mol. The molecule has 2 fully saturated rings. The van der Waals surface area contributed by atoms with Gasteiger partial charge in [-0.15, -0.1) is 0 Å². The van der Waals surface area contributed by atoms with Crippen LogP contribution in [-0.2, 0) is 0 Å². The Kier molecular flexibility index (Phi) is 3.98. The molecule has 2 aliphatic rings. The number of piperidine rings is 2. The lowest BCUT2D eigenvalue weighted by molar-refractivity contribution is -0.236. The molecule has 0 aromatic rings. The molecule has 2 nitrogen and oxygen atoms in total. The number of hydrogen-bond acceptors (Lipinski definition) is 2. The summed E-state index contributed by atoms with van der Waals surface area (Å²) in [5, 5.41) is 3.55. The molecule has 0 N–H and O–H groups in total. The van der Waals surface area contributed by atoms with Crippen molar-refractivity contribution in [1.29, 1.82) is 0 Å². The molecule has 100 valence electrons. The van der Waals surface area contributed by atoms with E-state index in [1.54, 1.807) is 5.01 Å². The second-order valence-corrected chi connectivity index (χ2v) is 5.38. The van der Waals surface area contributed by atoms with Gasteiger partial charge in [0.25, 0.3) is 0 Å². The summed E-state index contributed by atoms with van der Waals surface area (Å²) in [6.07, 6.45) is -0.0830. The Hall–Kier alpha value is -0.290. The van der Waals surface area contributed by atoms with Crippen molar-refractivity contribution in [1.82, 2.24) is 10.0 Å². The molecule has 2 rings (SSSR count). The van der Waals surface area contributed by atoms with E-state index in [0.29, 0.717) is 18.9 Å². The quantitative estimate of drug-likeness (QED) is 0.705. The van der Waals surface area contributed by atoms with Crippen LogP contribution in [0.4, 0.5) is 13.2 Å². The fourth-order valence-corrected chi connectivity index (χ4v) is 2.99. The second-order valence-electron chi connectivity index (χ2n) is 5.38. The molecule has 0 saturated carbocycles. The number of hydrazine groups is 1. The maximum atomic E-state index is 13.0. The highest BCUT2D eigenvalue weighted by molar-refractivity contribution is 4.83. The van der Waals surface area contributed by atoms with Crippen LogP contribution in [0, 0.1) is 5.92 Å². The zero-order valence-corrected chi connectivity index (χ0v) is 10.3. The van der Waals surface area contributed by atoms with Gasteiger partial charge in [0.15, 0.2) is 0 Å². The van der Waals surface area contributed by atoms with Gasteiger partial charge in [-0.3, -0.25) is 0 Å². The van der Waals surface area contributed by atoms with Crippen molar-refractivity contribution in [2.45, 2.75) is 51.2 Å². The van der Waals surface area contributed by atoms with E-state index < -0.39 is 12.2 Å². The highest BCUT2D eigenvalue weighted by Crippen LogP contribution is 2.34. The van der Waals surface area contributed by atoms with Crippen LogP contribution in [0.15, 0.2) is 0 Å². The van der Waals surface area contributed by atoms with Gasteiger partial charge < -0.3 is 0 Å². The van der Waals surface area contributed by atoms with Crippen molar-refractivity contribution >= 4 is 0 Å². The number of alkyl halides is 3. The molecule has 0 aromatic carbocycles. The molecule has 2 heterocycles. The first kappa shape index (κ1) is 13.1. The van der Waals surface area contributed by atoms with Gasteiger partial charge in [0.2, 0.25) is 0 Å². The lowest BCUT2D eigenvalue weighted by atomic mass is 9.99. The first-order valence-electron chi connectivity index (χ1n) is 6.56. The summed E-state index contributed by atoms with van der Waals surface area (Å²) in [5.41, 5.74) is 0.